The second kappa shape index (κ2) is 7.32. The van der Waals surface area contributed by atoms with Crippen LogP contribution in [-0.4, -0.2) is 26.8 Å². The van der Waals surface area contributed by atoms with Crippen molar-refractivity contribution in [1.82, 2.24) is 5.32 Å². The minimum absolute atomic E-state index is 0.0298. The van der Waals surface area contributed by atoms with E-state index < -0.39 is 0 Å². The first-order chi connectivity index (χ1) is 9.33. The van der Waals surface area contributed by atoms with Crippen molar-refractivity contribution in [3.05, 3.63) is 22.2 Å². The molecule has 3 nitrogen and oxygen atoms in total. The highest BCUT2D eigenvalue weighted by molar-refractivity contribution is 9.10. The van der Waals surface area contributed by atoms with Gasteiger partial charge in [-0.2, -0.15) is 0 Å². The number of nitrogens with one attached hydrogen (secondary N) is 1. The average Bonchev–Trinajstić information content (AvgIpc) is 2.37. The molecular formula is C16H26BrNO2. The monoisotopic (exact) mass is 343 g/mol. The van der Waals surface area contributed by atoms with Gasteiger partial charge in [-0.1, -0.05) is 33.8 Å². The summed E-state index contributed by atoms with van der Waals surface area (Å²) in [4.78, 5) is 0. The number of halogens is 1. The highest BCUT2D eigenvalue weighted by Gasteiger charge is 2.26. The molecule has 0 saturated carbocycles. The first-order valence-corrected chi connectivity index (χ1v) is 7.77. The molecule has 0 radical (unpaired) electrons. The molecule has 0 saturated heterocycles. The molecule has 0 heterocycles. The fraction of sp³-hybridized carbons (Fsp3) is 0.625. The summed E-state index contributed by atoms with van der Waals surface area (Å²) in [6, 6.07) is 4.59. The van der Waals surface area contributed by atoms with Crippen LogP contribution in [0.15, 0.2) is 16.6 Å². The van der Waals surface area contributed by atoms with E-state index in [1.165, 1.54) is 5.56 Å². The lowest BCUT2D eigenvalue weighted by Gasteiger charge is -2.28. The number of rotatable bonds is 7. The minimum atomic E-state index is 0.0298. The Balaban J connectivity index is 3.02. The topological polar surface area (TPSA) is 30.5 Å². The van der Waals surface area contributed by atoms with E-state index in [4.69, 9.17) is 9.47 Å². The summed E-state index contributed by atoms with van der Waals surface area (Å²) in [5, 5.41) is 3.47. The Hall–Kier alpha value is -0.740. The Morgan fingerprint density at radius 1 is 1.20 bits per heavy atom. The van der Waals surface area contributed by atoms with Crippen molar-refractivity contribution in [3.63, 3.8) is 0 Å². The third-order valence-corrected chi connectivity index (χ3v) is 4.27. The lowest BCUT2D eigenvalue weighted by atomic mass is 9.81. The van der Waals surface area contributed by atoms with Crippen LogP contribution in [0.4, 0.5) is 0 Å². The molecular weight excluding hydrogens is 318 g/mol. The quantitative estimate of drug-likeness (QED) is 0.807. The lowest BCUT2D eigenvalue weighted by Crippen LogP contribution is -2.29. The van der Waals surface area contributed by atoms with Gasteiger partial charge < -0.3 is 14.8 Å². The molecule has 1 aromatic rings. The Kier molecular flexibility index (Phi) is 6.34. The van der Waals surface area contributed by atoms with Crippen LogP contribution in [0.5, 0.6) is 11.5 Å². The van der Waals surface area contributed by atoms with E-state index in [0.29, 0.717) is 6.04 Å². The van der Waals surface area contributed by atoms with Gasteiger partial charge in [-0.3, -0.25) is 0 Å². The number of hydrogen-bond donors (Lipinski definition) is 1. The highest BCUT2D eigenvalue weighted by atomic mass is 79.9. The maximum Gasteiger partial charge on any atom is 0.140 e. The van der Waals surface area contributed by atoms with Gasteiger partial charge in [0.2, 0.25) is 0 Å². The maximum atomic E-state index is 5.59. The molecule has 0 fully saturated rings. The summed E-state index contributed by atoms with van der Waals surface area (Å²) in [5.41, 5.74) is 1.22. The third kappa shape index (κ3) is 4.13. The predicted molar refractivity (Wildman–Crippen MR) is 88.0 cm³/mol. The lowest BCUT2D eigenvalue weighted by molar-refractivity contribution is 0.366. The molecule has 20 heavy (non-hydrogen) atoms. The summed E-state index contributed by atoms with van der Waals surface area (Å²) < 4.78 is 11.8. The summed E-state index contributed by atoms with van der Waals surface area (Å²) in [5.74, 6) is 1.65. The zero-order valence-electron chi connectivity index (χ0n) is 13.3. The predicted octanol–water partition coefficient (Wildman–Crippen LogP) is 4.13. The van der Waals surface area contributed by atoms with E-state index >= 15 is 0 Å². The van der Waals surface area contributed by atoms with Crippen molar-refractivity contribution in [2.75, 3.05) is 20.8 Å². The number of methoxy groups -OCH3 is 2. The smallest absolute Gasteiger partial charge is 0.140 e. The summed E-state index contributed by atoms with van der Waals surface area (Å²) >= 11 is 3.57. The van der Waals surface area contributed by atoms with E-state index in [9.17, 15) is 0 Å². The van der Waals surface area contributed by atoms with E-state index in [0.717, 1.165) is 28.9 Å². The largest absolute Gasteiger partial charge is 0.495 e. The molecule has 0 spiro atoms. The van der Waals surface area contributed by atoms with Crippen LogP contribution in [0.2, 0.25) is 0 Å². The van der Waals surface area contributed by atoms with Gasteiger partial charge in [0, 0.05) is 11.6 Å². The minimum Gasteiger partial charge on any atom is -0.495 e. The van der Waals surface area contributed by atoms with E-state index in [1.54, 1.807) is 14.2 Å². The van der Waals surface area contributed by atoms with Crippen LogP contribution in [0.25, 0.3) is 0 Å². The summed E-state index contributed by atoms with van der Waals surface area (Å²) in [7, 11) is 3.36. The van der Waals surface area contributed by atoms with Crippen molar-refractivity contribution >= 4 is 15.9 Å². The molecule has 0 bridgehead atoms. The SMILES string of the molecule is COc1ccc(C(C)(C)CCNC(C)C)c(OC)c1Br. The Labute approximate surface area is 131 Å². The van der Waals surface area contributed by atoms with Crippen molar-refractivity contribution in [3.8, 4) is 11.5 Å². The maximum absolute atomic E-state index is 5.59. The van der Waals surface area contributed by atoms with Gasteiger partial charge in [0.25, 0.3) is 0 Å². The molecule has 1 rings (SSSR count). The highest BCUT2D eigenvalue weighted by Crippen LogP contribution is 2.43. The molecule has 0 aliphatic carbocycles. The molecule has 0 atom stereocenters. The molecule has 1 N–H and O–H groups in total. The Morgan fingerprint density at radius 2 is 1.85 bits per heavy atom. The van der Waals surface area contributed by atoms with Crippen LogP contribution in [0.3, 0.4) is 0 Å². The number of hydrogen-bond acceptors (Lipinski definition) is 3. The molecule has 0 aliphatic heterocycles. The van der Waals surface area contributed by atoms with Crippen LogP contribution < -0.4 is 14.8 Å². The van der Waals surface area contributed by atoms with Crippen LogP contribution >= 0.6 is 15.9 Å². The van der Waals surface area contributed by atoms with Gasteiger partial charge in [0.05, 0.1) is 14.2 Å². The molecule has 0 aliphatic rings. The summed E-state index contributed by atoms with van der Waals surface area (Å²) in [6.07, 6.45) is 1.04. The molecule has 0 unspecified atom stereocenters. The van der Waals surface area contributed by atoms with Crippen LogP contribution in [-0.2, 0) is 5.41 Å². The van der Waals surface area contributed by atoms with Crippen molar-refractivity contribution in [1.29, 1.82) is 0 Å². The fourth-order valence-corrected chi connectivity index (χ4v) is 2.91. The molecule has 0 amide bonds. The van der Waals surface area contributed by atoms with Gasteiger partial charge in [0.1, 0.15) is 16.0 Å². The van der Waals surface area contributed by atoms with Crippen LogP contribution in [0, 0.1) is 0 Å². The van der Waals surface area contributed by atoms with E-state index in [1.807, 2.05) is 6.07 Å². The fourth-order valence-electron chi connectivity index (χ4n) is 2.24. The van der Waals surface area contributed by atoms with Crippen molar-refractivity contribution in [2.24, 2.45) is 0 Å². The van der Waals surface area contributed by atoms with E-state index in [-0.39, 0.29) is 5.41 Å². The van der Waals surface area contributed by atoms with Crippen LogP contribution in [0.1, 0.15) is 39.7 Å². The van der Waals surface area contributed by atoms with Gasteiger partial charge in [-0.15, -0.1) is 0 Å². The van der Waals surface area contributed by atoms with Gasteiger partial charge >= 0.3 is 0 Å². The van der Waals surface area contributed by atoms with Gasteiger partial charge in [-0.05, 0) is 40.4 Å². The molecule has 4 heteroatoms. The van der Waals surface area contributed by atoms with Gasteiger partial charge in [0.15, 0.2) is 0 Å². The second-order valence-corrected chi connectivity index (χ2v) is 6.70. The second-order valence-electron chi connectivity index (χ2n) is 5.91. The summed E-state index contributed by atoms with van der Waals surface area (Å²) in [6.45, 7) is 9.80. The number of ether oxygens (including phenoxy) is 2. The normalized spacial score (nSPS) is 11.8. The van der Waals surface area contributed by atoms with Crippen molar-refractivity contribution < 1.29 is 9.47 Å². The molecule has 1 aromatic carbocycles. The zero-order valence-corrected chi connectivity index (χ0v) is 14.9. The standard InChI is InChI=1S/C16H26BrNO2/c1-11(2)18-10-9-16(3,4)12-7-8-13(19-5)14(17)15(12)20-6/h7-8,11,18H,9-10H2,1-6H3. The zero-order chi connectivity index (χ0) is 15.3. The Morgan fingerprint density at radius 3 is 2.35 bits per heavy atom. The Bertz CT molecular complexity index is 444. The van der Waals surface area contributed by atoms with Gasteiger partial charge in [-0.25, -0.2) is 0 Å². The van der Waals surface area contributed by atoms with E-state index in [2.05, 4.69) is 55.0 Å². The molecule has 114 valence electrons. The first-order valence-electron chi connectivity index (χ1n) is 6.97. The number of benzene rings is 1. The first kappa shape index (κ1) is 17.3. The molecule has 0 aromatic heterocycles. The third-order valence-electron chi connectivity index (χ3n) is 3.52. The van der Waals surface area contributed by atoms with Crippen molar-refractivity contribution in [2.45, 2.75) is 45.6 Å². The average molecular weight is 344 g/mol.